The zero-order valence-corrected chi connectivity index (χ0v) is 10.5. The zero-order chi connectivity index (χ0) is 13.6. The molecule has 0 aliphatic rings. The van der Waals surface area contributed by atoms with E-state index in [9.17, 15) is 12.9 Å². The van der Waals surface area contributed by atoms with Gasteiger partial charge in [0.25, 0.3) is 0 Å². The Hall–Kier alpha value is -1.17. The molecule has 0 unspecified atom stereocenters. The fraction of sp³-hybridized carbons (Fsp3) is 0.500. The summed E-state index contributed by atoms with van der Waals surface area (Å²) in [5.41, 5.74) is -0.693. The Kier molecular flexibility index (Phi) is 5.53. The van der Waals surface area contributed by atoms with Crippen LogP contribution in [-0.4, -0.2) is 26.8 Å². The highest BCUT2D eigenvalue weighted by Gasteiger charge is 2.28. The topological polar surface area (TPSA) is 18.5 Å². The summed E-state index contributed by atoms with van der Waals surface area (Å²) in [4.78, 5) is 0. The van der Waals surface area contributed by atoms with E-state index < -0.39 is 12.4 Å². The molecule has 0 spiro atoms. The second-order valence-electron chi connectivity index (χ2n) is 4.43. The third kappa shape index (κ3) is 5.00. The largest absolute Gasteiger partial charge is 0.513 e. The molecule has 0 saturated carbocycles. The number of para-hydroxylation sites is 1. The minimum Gasteiger partial charge on any atom is -0.494 e. The molecule has 18 heavy (non-hydrogen) atoms. The number of benzene rings is 1. The summed E-state index contributed by atoms with van der Waals surface area (Å²) in [5.74, 6) is 0.272. The first-order valence-electron chi connectivity index (χ1n) is 5.90. The Labute approximate surface area is 105 Å². The quantitative estimate of drug-likeness (QED) is 0.555. The van der Waals surface area contributed by atoms with E-state index in [1.807, 2.05) is 13.8 Å². The fourth-order valence-electron chi connectivity index (χ4n) is 1.41. The Morgan fingerprint density at radius 3 is 2.39 bits per heavy atom. The van der Waals surface area contributed by atoms with Gasteiger partial charge >= 0.3 is 6.98 Å². The molecule has 2 nitrogen and oxygen atoms in total. The summed E-state index contributed by atoms with van der Waals surface area (Å²) in [7, 11) is 0. The van der Waals surface area contributed by atoms with Crippen molar-refractivity contribution >= 4 is 12.4 Å². The van der Waals surface area contributed by atoms with Crippen LogP contribution >= 0.6 is 0 Å². The van der Waals surface area contributed by atoms with Gasteiger partial charge in [0.1, 0.15) is 6.61 Å². The van der Waals surface area contributed by atoms with Gasteiger partial charge in [-0.1, -0.05) is 37.5 Å². The lowest BCUT2D eigenvalue weighted by molar-refractivity contribution is 0.0821. The molecule has 0 heterocycles. The van der Waals surface area contributed by atoms with Gasteiger partial charge < -0.3 is 22.4 Å². The molecule has 1 aromatic rings. The second-order valence-corrected chi connectivity index (χ2v) is 4.43. The summed E-state index contributed by atoms with van der Waals surface area (Å²) in [6, 6.07) is 5.24. The lowest BCUT2D eigenvalue weighted by Crippen LogP contribution is -2.35. The number of ether oxygens (including phenoxy) is 2. The van der Waals surface area contributed by atoms with Crippen molar-refractivity contribution in [2.75, 3.05) is 19.8 Å². The maximum absolute atomic E-state index is 12.7. The van der Waals surface area contributed by atoms with Crippen molar-refractivity contribution in [3.8, 4) is 5.75 Å². The Morgan fingerprint density at radius 2 is 1.78 bits per heavy atom. The van der Waals surface area contributed by atoms with E-state index in [0.29, 0.717) is 12.5 Å². The van der Waals surface area contributed by atoms with Crippen LogP contribution in [-0.2, 0) is 4.74 Å². The number of rotatable bonds is 7. The van der Waals surface area contributed by atoms with Crippen molar-refractivity contribution in [1.29, 1.82) is 0 Å². The van der Waals surface area contributed by atoms with Gasteiger partial charge in [0.05, 0.1) is 12.4 Å². The van der Waals surface area contributed by atoms with Gasteiger partial charge in [0.2, 0.25) is 0 Å². The highest BCUT2D eigenvalue weighted by atomic mass is 19.4. The number of halogens is 3. The van der Waals surface area contributed by atoms with E-state index in [4.69, 9.17) is 9.47 Å². The predicted octanol–water partition coefficient (Wildman–Crippen LogP) is 2.79. The van der Waals surface area contributed by atoms with Crippen molar-refractivity contribution < 1.29 is 22.4 Å². The zero-order valence-electron chi connectivity index (χ0n) is 10.5. The van der Waals surface area contributed by atoms with Crippen LogP contribution in [0.15, 0.2) is 24.3 Å². The first-order chi connectivity index (χ1) is 8.41. The minimum atomic E-state index is -5.04. The van der Waals surface area contributed by atoms with Gasteiger partial charge in [-0.25, -0.2) is 0 Å². The number of hydrogen-bond acceptors (Lipinski definition) is 2. The lowest BCUT2D eigenvalue weighted by atomic mass is 9.79. The molecule has 0 fully saturated rings. The van der Waals surface area contributed by atoms with Crippen LogP contribution in [0, 0.1) is 5.92 Å². The summed E-state index contributed by atoms with van der Waals surface area (Å²) in [5, 5.41) is 0. The maximum atomic E-state index is 12.7. The predicted molar refractivity (Wildman–Crippen MR) is 66.3 cm³/mol. The van der Waals surface area contributed by atoms with E-state index in [0.717, 1.165) is 6.07 Å². The third-order valence-corrected chi connectivity index (χ3v) is 2.21. The fourth-order valence-corrected chi connectivity index (χ4v) is 1.41. The molecule has 0 N–H and O–H groups in total. The van der Waals surface area contributed by atoms with E-state index >= 15 is 0 Å². The van der Waals surface area contributed by atoms with Crippen molar-refractivity contribution in [2.24, 2.45) is 5.92 Å². The molecular weight excluding hydrogens is 244 g/mol. The van der Waals surface area contributed by atoms with E-state index in [2.05, 4.69) is 0 Å². The van der Waals surface area contributed by atoms with Gasteiger partial charge in [0.15, 0.2) is 0 Å². The van der Waals surface area contributed by atoms with Crippen LogP contribution in [0.5, 0.6) is 5.75 Å². The third-order valence-electron chi connectivity index (χ3n) is 2.21. The molecule has 1 aromatic carbocycles. The number of hydrogen-bond donors (Lipinski definition) is 0. The van der Waals surface area contributed by atoms with Crippen LogP contribution < -0.4 is 10.2 Å². The van der Waals surface area contributed by atoms with Crippen LogP contribution in [0.2, 0.25) is 0 Å². The standard InChI is InChI=1S/C12H17BF3O2/c1-10(2)9-17-7-8-18-12-6-4-3-5-11(12)13(14,15)16/h3-6,10H,7-9H2,1-2H3/q-1. The smallest absolute Gasteiger partial charge is 0.494 e. The molecule has 0 aliphatic carbocycles. The molecule has 0 amide bonds. The molecular formula is C12H17BF3O2-. The van der Waals surface area contributed by atoms with Crippen LogP contribution in [0.1, 0.15) is 13.8 Å². The van der Waals surface area contributed by atoms with E-state index in [-0.39, 0.29) is 19.0 Å². The van der Waals surface area contributed by atoms with Crippen molar-refractivity contribution in [3.05, 3.63) is 24.3 Å². The van der Waals surface area contributed by atoms with Gasteiger partial charge in [-0.15, -0.1) is 0 Å². The Balaban J connectivity index is 2.47. The Morgan fingerprint density at radius 1 is 1.11 bits per heavy atom. The molecule has 0 aromatic heterocycles. The molecule has 0 aliphatic heterocycles. The van der Waals surface area contributed by atoms with Crippen molar-refractivity contribution in [2.45, 2.75) is 13.8 Å². The van der Waals surface area contributed by atoms with Gasteiger partial charge in [0, 0.05) is 6.61 Å². The van der Waals surface area contributed by atoms with E-state index in [1.54, 1.807) is 0 Å². The summed E-state index contributed by atoms with van der Waals surface area (Å²) < 4.78 is 48.4. The SMILES string of the molecule is CC(C)COCCOc1ccccc1[B-](F)(F)F. The Bertz CT molecular complexity index is 367. The maximum Gasteiger partial charge on any atom is 0.513 e. The molecule has 0 bridgehead atoms. The summed E-state index contributed by atoms with van der Waals surface area (Å²) in [6.45, 7) is -0.0477. The first kappa shape index (κ1) is 14.9. The summed E-state index contributed by atoms with van der Waals surface area (Å²) >= 11 is 0. The van der Waals surface area contributed by atoms with Crippen LogP contribution in [0.3, 0.4) is 0 Å². The second kappa shape index (κ2) is 6.68. The molecule has 0 radical (unpaired) electrons. The first-order valence-corrected chi connectivity index (χ1v) is 5.90. The van der Waals surface area contributed by atoms with Gasteiger partial charge in [-0.3, -0.25) is 0 Å². The highest BCUT2D eigenvalue weighted by molar-refractivity contribution is 6.74. The van der Waals surface area contributed by atoms with E-state index in [1.165, 1.54) is 18.2 Å². The molecule has 6 heteroatoms. The van der Waals surface area contributed by atoms with Crippen LogP contribution in [0.4, 0.5) is 12.9 Å². The molecule has 102 valence electrons. The monoisotopic (exact) mass is 261 g/mol. The average Bonchev–Trinajstić information content (AvgIpc) is 2.27. The minimum absolute atomic E-state index is 0.121. The highest BCUT2D eigenvalue weighted by Crippen LogP contribution is 2.17. The molecule has 0 atom stereocenters. The van der Waals surface area contributed by atoms with Gasteiger partial charge in [-0.05, 0) is 12.0 Å². The van der Waals surface area contributed by atoms with Crippen molar-refractivity contribution in [1.82, 2.24) is 0 Å². The molecule has 0 saturated heterocycles. The average molecular weight is 261 g/mol. The summed E-state index contributed by atoms with van der Waals surface area (Å²) in [6.07, 6.45) is 0. The van der Waals surface area contributed by atoms with Crippen molar-refractivity contribution in [3.63, 3.8) is 0 Å². The lowest BCUT2D eigenvalue weighted by Gasteiger charge is -2.19. The molecule has 1 rings (SSSR count). The van der Waals surface area contributed by atoms with Gasteiger partial charge in [-0.2, -0.15) is 0 Å². The normalized spacial score (nSPS) is 11.9. The van der Waals surface area contributed by atoms with Crippen LogP contribution in [0.25, 0.3) is 0 Å².